The van der Waals surface area contributed by atoms with Gasteiger partial charge in [-0.2, -0.15) is 0 Å². The van der Waals surface area contributed by atoms with Crippen LogP contribution in [0, 0.1) is 11.2 Å². The van der Waals surface area contributed by atoms with Crippen molar-refractivity contribution in [3.63, 3.8) is 0 Å². The van der Waals surface area contributed by atoms with Crippen LogP contribution < -0.4 is 10.1 Å². The fourth-order valence-electron chi connectivity index (χ4n) is 3.26. The number of hydrogen-bond acceptors (Lipinski definition) is 2. The van der Waals surface area contributed by atoms with E-state index in [2.05, 4.69) is 12.2 Å². The number of nitrogens with one attached hydrogen (secondary N) is 1. The first-order valence-corrected chi connectivity index (χ1v) is 8.37. The zero-order valence-electron chi connectivity index (χ0n) is 14.6. The molecule has 0 fully saturated rings. The standard InChI is InChI=1S/C20H22FNO3/c1-4-12-6-5-7-13(8-12)14-10-17-15(9-16(14)21)18(22-19(23)24)20(2,3)11-25-17/h5-10,18,22H,4,11H2,1-3H3,(H,23,24). The highest BCUT2D eigenvalue weighted by Gasteiger charge is 2.39. The number of halogens is 1. The summed E-state index contributed by atoms with van der Waals surface area (Å²) in [4.78, 5) is 11.2. The molecule has 1 amide bonds. The lowest BCUT2D eigenvalue weighted by Gasteiger charge is -2.39. The highest BCUT2D eigenvalue weighted by atomic mass is 19.1. The summed E-state index contributed by atoms with van der Waals surface area (Å²) < 4.78 is 20.7. The fraction of sp³-hybridized carbons (Fsp3) is 0.350. The molecule has 1 aliphatic rings. The minimum atomic E-state index is -1.13. The second kappa shape index (κ2) is 6.39. The number of rotatable bonds is 3. The molecule has 2 aromatic carbocycles. The molecule has 0 radical (unpaired) electrons. The quantitative estimate of drug-likeness (QED) is 0.843. The van der Waals surface area contributed by atoms with Crippen LogP contribution >= 0.6 is 0 Å². The zero-order chi connectivity index (χ0) is 18.2. The van der Waals surface area contributed by atoms with E-state index >= 15 is 0 Å². The first-order valence-electron chi connectivity index (χ1n) is 8.37. The van der Waals surface area contributed by atoms with Gasteiger partial charge in [-0.3, -0.25) is 0 Å². The predicted molar refractivity (Wildman–Crippen MR) is 94.4 cm³/mol. The van der Waals surface area contributed by atoms with E-state index in [4.69, 9.17) is 9.84 Å². The number of amides is 1. The molecule has 3 rings (SSSR count). The van der Waals surface area contributed by atoms with E-state index in [-0.39, 0.29) is 5.82 Å². The first kappa shape index (κ1) is 17.3. The van der Waals surface area contributed by atoms with Crippen LogP contribution in [0.2, 0.25) is 0 Å². The SMILES string of the molecule is CCc1cccc(-c2cc3c(cc2F)C(NC(=O)O)C(C)(C)CO3)c1. The molecule has 1 aliphatic heterocycles. The predicted octanol–water partition coefficient (Wildman–Crippen LogP) is 4.78. The van der Waals surface area contributed by atoms with Gasteiger partial charge < -0.3 is 15.2 Å². The van der Waals surface area contributed by atoms with Gasteiger partial charge in [0, 0.05) is 16.5 Å². The Morgan fingerprint density at radius 3 is 2.80 bits per heavy atom. The van der Waals surface area contributed by atoms with Crippen molar-refractivity contribution in [3.8, 4) is 16.9 Å². The van der Waals surface area contributed by atoms with Crippen LogP contribution in [-0.4, -0.2) is 17.8 Å². The summed E-state index contributed by atoms with van der Waals surface area (Å²) in [5, 5.41) is 11.6. The van der Waals surface area contributed by atoms with Crippen molar-refractivity contribution < 1.29 is 19.0 Å². The third kappa shape index (κ3) is 3.31. The van der Waals surface area contributed by atoms with Gasteiger partial charge in [0.2, 0.25) is 0 Å². The normalized spacial score (nSPS) is 18.2. The summed E-state index contributed by atoms with van der Waals surface area (Å²) in [5.41, 5.74) is 2.44. The van der Waals surface area contributed by atoms with Crippen molar-refractivity contribution in [2.75, 3.05) is 6.61 Å². The van der Waals surface area contributed by atoms with Gasteiger partial charge in [0.05, 0.1) is 12.6 Å². The van der Waals surface area contributed by atoms with Crippen LogP contribution in [0.1, 0.15) is 37.9 Å². The van der Waals surface area contributed by atoms with Crippen LogP contribution in [0.4, 0.5) is 9.18 Å². The molecule has 4 nitrogen and oxygen atoms in total. The Morgan fingerprint density at radius 1 is 1.36 bits per heavy atom. The van der Waals surface area contributed by atoms with Crippen LogP contribution in [0.15, 0.2) is 36.4 Å². The van der Waals surface area contributed by atoms with Crippen molar-refractivity contribution in [1.29, 1.82) is 0 Å². The molecule has 0 saturated carbocycles. The van der Waals surface area contributed by atoms with Crippen LogP contribution in [-0.2, 0) is 6.42 Å². The fourth-order valence-corrected chi connectivity index (χ4v) is 3.26. The Morgan fingerprint density at radius 2 is 2.12 bits per heavy atom. The number of ether oxygens (including phenoxy) is 1. The molecule has 132 valence electrons. The monoisotopic (exact) mass is 343 g/mol. The first-order chi connectivity index (χ1) is 11.8. The van der Waals surface area contributed by atoms with Crippen LogP contribution in [0.5, 0.6) is 5.75 Å². The van der Waals surface area contributed by atoms with E-state index in [9.17, 15) is 9.18 Å². The largest absolute Gasteiger partial charge is 0.493 e. The van der Waals surface area contributed by atoms with Crippen molar-refractivity contribution >= 4 is 6.09 Å². The Labute approximate surface area is 146 Å². The molecule has 1 heterocycles. The van der Waals surface area contributed by atoms with Gasteiger partial charge >= 0.3 is 6.09 Å². The lowest BCUT2D eigenvalue weighted by atomic mass is 9.78. The van der Waals surface area contributed by atoms with Crippen LogP contribution in [0.25, 0.3) is 11.1 Å². The van der Waals surface area contributed by atoms with E-state index < -0.39 is 17.6 Å². The van der Waals surface area contributed by atoms with E-state index in [0.29, 0.717) is 23.5 Å². The van der Waals surface area contributed by atoms with Gasteiger partial charge in [-0.1, -0.05) is 45.0 Å². The van der Waals surface area contributed by atoms with Gasteiger partial charge in [0.1, 0.15) is 11.6 Å². The summed E-state index contributed by atoms with van der Waals surface area (Å²) in [7, 11) is 0. The molecule has 0 aliphatic carbocycles. The lowest BCUT2D eigenvalue weighted by molar-refractivity contribution is 0.0992. The molecular formula is C20H22FNO3. The smallest absolute Gasteiger partial charge is 0.405 e. The second-order valence-electron chi connectivity index (χ2n) is 7.08. The Bertz CT molecular complexity index is 817. The summed E-state index contributed by atoms with van der Waals surface area (Å²) >= 11 is 0. The highest BCUT2D eigenvalue weighted by molar-refractivity contribution is 5.70. The number of carbonyl (C=O) groups is 1. The average molecular weight is 343 g/mol. The minimum absolute atomic E-state index is 0.352. The van der Waals surface area contributed by atoms with Crippen molar-refractivity contribution in [2.45, 2.75) is 33.2 Å². The third-order valence-corrected chi connectivity index (χ3v) is 4.71. The summed E-state index contributed by atoms with van der Waals surface area (Å²) in [6, 6.07) is 10.3. The molecule has 0 saturated heterocycles. The molecule has 1 unspecified atom stereocenters. The van der Waals surface area contributed by atoms with E-state index in [1.54, 1.807) is 6.07 Å². The molecular weight excluding hydrogens is 321 g/mol. The molecule has 0 aromatic heterocycles. The molecule has 2 N–H and O–H groups in total. The summed E-state index contributed by atoms with van der Waals surface area (Å²) in [5.74, 6) is 0.141. The number of hydrogen-bond donors (Lipinski definition) is 2. The third-order valence-electron chi connectivity index (χ3n) is 4.71. The molecule has 1 atom stereocenters. The van der Waals surface area contributed by atoms with Gasteiger partial charge in [-0.05, 0) is 29.7 Å². The molecule has 0 bridgehead atoms. The summed E-state index contributed by atoms with van der Waals surface area (Å²) in [6.07, 6.45) is -0.263. The number of carboxylic acid groups (broad SMARTS) is 1. The number of fused-ring (bicyclic) bond motifs is 1. The van der Waals surface area contributed by atoms with Crippen molar-refractivity contribution in [1.82, 2.24) is 5.32 Å². The lowest BCUT2D eigenvalue weighted by Crippen LogP contribution is -2.43. The Kier molecular flexibility index (Phi) is 4.41. The number of aryl methyl sites for hydroxylation is 1. The van der Waals surface area contributed by atoms with Crippen molar-refractivity contribution in [3.05, 3.63) is 53.3 Å². The minimum Gasteiger partial charge on any atom is -0.493 e. The average Bonchev–Trinajstić information content (AvgIpc) is 2.57. The van der Waals surface area contributed by atoms with Gasteiger partial charge in [-0.25, -0.2) is 9.18 Å². The van der Waals surface area contributed by atoms with Crippen molar-refractivity contribution in [2.24, 2.45) is 5.41 Å². The van der Waals surface area contributed by atoms with Gasteiger partial charge in [-0.15, -0.1) is 0 Å². The molecule has 2 aromatic rings. The maximum absolute atomic E-state index is 14.8. The van der Waals surface area contributed by atoms with E-state index in [1.807, 2.05) is 38.1 Å². The maximum atomic E-state index is 14.8. The zero-order valence-corrected chi connectivity index (χ0v) is 14.6. The molecule has 25 heavy (non-hydrogen) atoms. The second-order valence-corrected chi connectivity index (χ2v) is 7.08. The topological polar surface area (TPSA) is 58.6 Å². The van der Waals surface area contributed by atoms with Gasteiger partial charge in [0.15, 0.2) is 0 Å². The molecule has 0 spiro atoms. The number of benzene rings is 2. The van der Waals surface area contributed by atoms with E-state index in [0.717, 1.165) is 17.5 Å². The molecule has 5 heteroatoms. The highest BCUT2D eigenvalue weighted by Crippen LogP contribution is 2.45. The van der Waals surface area contributed by atoms with Crippen LogP contribution in [0.3, 0.4) is 0 Å². The Hall–Kier alpha value is -2.56. The summed E-state index contributed by atoms with van der Waals surface area (Å²) in [6.45, 7) is 6.20. The van der Waals surface area contributed by atoms with E-state index in [1.165, 1.54) is 6.07 Å². The van der Waals surface area contributed by atoms with Gasteiger partial charge in [0.25, 0.3) is 0 Å². The maximum Gasteiger partial charge on any atom is 0.405 e. The Balaban J connectivity index is 2.08.